The Labute approximate surface area is 106 Å². The number of benzene rings is 1. The molecule has 0 spiro atoms. The molecule has 0 atom stereocenters. The Hall–Kier alpha value is -2.23. The zero-order chi connectivity index (χ0) is 13.0. The molecule has 4 nitrogen and oxygen atoms in total. The van der Waals surface area contributed by atoms with Crippen LogP contribution in [0.2, 0.25) is 0 Å². The number of amides is 1. The van der Waals surface area contributed by atoms with E-state index in [4.69, 9.17) is 4.74 Å². The van der Waals surface area contributed by atoms with Crippen molar-refractivity contribution in [3.8, 4) is 5.75 Å². The van der Waals surface area contributed by atoms with Crippen LogP contribution in [0.1, 0.15) is 5.56 Å². The van der Waals surface area contributed by atoms with E-state index >= 15 is 0 Å². The third kappa shape index (κ3) is 2.91. The molecule has 1 aromatic rings. The number of nitrogens with one attached hydrogen (secondary N) is 2. The highest BCUT2D eigenvalue weighted by atomic mass is 16.5. The molecule has 1 amide bonds. The number of dihydropyridines is 1. The van der Waals surface area contributed by atoms with Crippen LogP contribution in [0.15, 0.2) is 47.9 Å². The van der Waals surface area contributed by atoms with Crippen molar-refractivity contribution in [1.82, 2.24) is 10.6 Å². The second kappa shape index (κ2) is 5.40. The van der Waals surface area contributed by atoms with Gasteiger partial charge in [-0.05, 0) is 30.7 Å². The molecule has 1 heterocycles. The summed E-state index contributed by atoms with van der Waals surface area (Å²) in [6, 6.07) is 7.80. The molecule has 1 aromatic carbocycles. The van der Waals surface area contributed by atoms with Crippen LogP contribution >= 0.6 is 0 Å². The lowest BCUT2D eigenvalue weighted by molar-refractivity contribution is -0.117. The smallest absolute Gasteiger partial charge is 0.267 e. The SMILES string of the molecule is CNC(=O)C1=CC(Oc2cccc(C)c2)=CCN1. The Morgan fingerprint density at radius 1 is 1.44 bits per heavy atom. The van der Waals surface area contributed by atoms with Crippen molar-refractivity contribution in [2.45, 2.75) is 6.92 Å². The number of hydrogen-bond donors (Lipinski definition) is 2. The van der Waals surface area contributed by atoms with Crippen LogP contribution in [-0.2, 0) is 4.79 Å². The van der Waals surface area contributed by atoms with E-state index in [1.54, 1.807) is 13.1 Å². The number of rotatable bonds is 3. The van der Waals surface area contributed by atoms with Gasteiger partial charge in [0.15, 0.2) is 0 Å². The summed E-state index contributed by atoms with van der Waals surface area (Å²) in [5, 5.41) is 5.57. The molecule has 0 saturated carbocycles. The summed E-state index contributed by atoms with van der Waals surface area (Å²) in [6.07, 6.45) is 3.60. The van der Waals surface area contributed by atoms with Gasteiger partial charge in [0, 0.05) is 19.7 Å². The molecule has 1 aliphatic heterocycles. The molecular weight excluding hydrogens is 228 g/mol. The van der Waals surface area contributed by atoms with Gasteiger partial charge in [-0.1, -0.05) is 12.1 Å². The van der Waals surface area contributed by atoms with E-state index in [0.717, 1.165) is 11.3 Å². The third-order valence-electron chi connectivity index (χ3n) is 2.58. The van der Waals surface area contributed by atoms with Gasteiger partial charge < -0.3 is 15.4 Å². The number of carbonyl (C=O) groups excluding carboxylic acids is 1. The Morgan fingerprint density at radius 2 is 2.28 bits per heavy atom. The van der Waals surface area contributed by atoms with Gasteiger partial charge in [0.05, 0.1) is 0 Å². The fourth-order valence-electron chi connectivity index (χ4n) is 1.68. The van der Waals surface area contributed by atoms with Crippen LogP contribution in [0.25, 0.3) is 0 Å². The molecule has 0 unspecified atom stereocenters. The minimum atomic E-state index is -0.145. The van der Waals surface area contributed by atoms with Crippen molar-refractivity contribution in [2.24, 2.45) is 0 Å². The largest absolute Gasteiger partial charge is 0.458 e. The second-order valence-electron chi connectivity index (χ2n) is 4.04. The van der Waals surface area contributed by atoms with Gasteiger partial charge >= 0.3 is 0 Å². The minimum absolute atomic E-state index is 0.145. The van der Waals surface area contributed by atoms with Crippen molar-refractivity contribution in [3.05, 3.63) is 53.4 Å². The van der Waals surface area contributed by atoms with Gasteiger partial charge in [0.25, 0.3) is 5.91 Å². The topological polar surface area (TPSA) is 50.4 Å². The van der Waals surface area contributed by atoms with Crippen LogP contribution < -0.4 is 15.4 Å². The van der Waals surface area contributed by atoms with Crippen molar-refractivity contribution in [2.75, 3.05) is 13.6 Å². The first-order chi connectivity index (χ1) is 8.69. The number of ether oxygens (including phenoxy) is 1. The molecule has 4 heteroatoms. The van der Waals surface area contributed by atoms with Crippen molar-refractivity contribution in [3.63, 3.8) is 0 Å². The first-order valence-electron chi connectivity index (χ1n) is 5.81. The van der Waals surface area contributed by atoms with Crippen LogP contribution in [-0.4, -0.2) is 19.5 Å². The fraction of sp³-hybridized carbons (Fsp3) is 0.214. The highest BCUT2D eigenvalue weighted by Gasteiger charge is 2.12. The van der Waals surface area contributed by atoms with E-state index in [-0.39, 0.29) is 5.91 Å². The molecule has 0 radical (unpaired) electrons. The number of carbonyl (C=O) groups is 1. The van der Waals surface area contributed by atoms with Crippen molar-refractivity contribution < 1.29 is 9.53 Å². The van der Waals surface area contributed by atoms with E-state index in [9.17, 15) is 4.79 Å². The summed E-state index contributed by atoms with van der Waals surface area (Å²) >= 11 is 0. The average molecular weight is 244 g/mol. The van der Waals surface area contributed by atoms with Gasteiger partial charge in [0.2, 0.25) is 0 Å². The highest BCUT2D eigenvalue weighted by Crippen LogP contribution is 2.17. The van der Waals surface area contributed by atoms with Gasteiger partial charge in [0.1, 0.15) is 17.2 Å². The maximum absolute atomic E-state index is 11.5. The lowest BCUT2D eigenvalue weighted by atomic mass is 10.2. The molecule has 1 aliphatic rings. The van der Waals surface area contributed by atoms with Crippen LogP contribution in [0.5, 0.6) is 5.75 Å². The Bertz CT molecular complexity index is 518. The molecule has 2 rings (SSSR count). The molecule has 94 valence electrons. The number of allylic oxidation sites excluding steroid dienone is 1. The third-order valence-corrected chi connectivity index (χ3v) is 2.58. The van der Waals surface area contributed by atoms with Gasteiger partial charge in [-0.15, -0.1) is 0 Å². The molecule has 0 saturated heterocycles. The molecule has 0 fully saturated rings. The van der Waals surface area contributed by atoms with Crippen molar-refractivity contribution in [1.29, 1.82) is 0 Å². The zero-order valence-electron chi connectivity index (χ0n) is 10.5. The maximum Gasteiger partial charge on any atom is 0.267 e. The first kappa shape index (κ1) is 12.2. The zero-order valence-corrected chi connectivity index (χ0v) is 10.5. The van der Waals surface area contributed by atoms with Gasteiger partial charge in [-0.3, -0.25) is 4.79 Å². The number of aryl methyl sites for hydroxylation is 1. The monoisotopic (exact) mass is 244 g/mol. The summed E-state index contributed by atoms with van der Waals surface area (Å²) in [5.41, 5.74) is 1.65. The molecule has 0 bridgehead atoms. The summed E-state index contributed by atoms with van der Waals surface area (Å²) in [5.74, 6) is 1.31. The molecule has 0 aliphatic carbocycles. The number of likely N-dealkylation sites (N-methyl/N-ethyl adjacent to an activating group) is 1. The summed E-state index contributed by atoms with van der Waals surface area (Å²) in [6.45, 7) is 2.59. The minimum Gasteiger partial charge on any atom is -0.458 e. The standard InChI is InChI=1S/C14H16N2O2/c1-10-4-3-5-11(8-10)18-12-6-7-16-13(9-12)14(17)15-2/h3-6,8-9,16H,7H2,1-2H3,(H,15,17). The summed E-state index contributed by atoms with van der Waals surface area (Å²) in [4.78, 5) is 11.5. The normalized spacial score (nSPS) is 14.1. The quantitative estimate of drug-likeness (QED) is 0.847. The predicted octanol–water partition coefficient (Wildman–Crippen LogP) is 1.49. The van der Waals surface area contributed by atoms with Crippen LogP contribution in [0.4, 0.5) is 0 Å². The van der Waals surface area contributed by atoms with Gasteiger partial charge in [-0.2, -0.15) is 0 Å². The van der Waals surface area contributed by atoms with Gasteiger partial charge in [-0.25, -0.2) is 0 Å². The average Bonchev–Trinajstić information content (AvgIpc) is 2.38. The lowest BCUT2D eigenvalue weighted by Crippen LogP contribution is -2.31. The van der Waals surface area contributed by atoms with E-state index in [0.29, 0.717) is 18.0 Å². The lowest BCUT2D eigenvalue weighted by Gasteiger charge is -2.15. The van der Waals surface area contributed by atoms with E-state index < -0.39 is 0 Å². The van der Waals surface area contributed by atoms with Crippen LogP contribution in [0, 0.1) is 6.92 Å². The summed E-state index contributed by atoms with van der Waals surface area (Å²) < 4.78 is 5.73. The van der Waals surface area contributed by atoms with E-state index in [2.05, 4.69) is 10.6 Å². The van der Waals surface area contributed by atoms with Crippen LogP contribution in [0.3, 0.4) is 0 Å². The second-order valence-corrected chi connectivity index (χ2v) is 4.04. The predicted molar refractivity (Wildman–Crippen MR) is 70.0 cm³/mol. The number of hydrogen-bond acceptors (Lipinski definition) is 3. The Kier molecular flexibility index (Phi) is 3.67. The summed E-state index contributed by atoms with van der Waals surface area (Å²) in [7, 11) is 1.60. The van der Waals surface area contributed by atoms with E-state index in [1.807, 2.05) is 37.3 Å². The molecule has 18 heavy (non-hydrogen) atoms. The molecular formula is C14H16N2O2. The first-order valence-corrected chi connectivity index (χ1v) is 5.81. The van der Waals surface area contributed by atoms with E-state index in [1.165, 1.54) is 0 Å². The fourth-order valence-corrected chi connectivity index (χ4v) is 1.68. The maximum atomic E-state index is 11.5. The Morgan fingerprint density at radius 3 is 3.00 bits per heavy atom. The molecule has 2 N–H and O–H groups in total. The highest BCUT2D eigenvalue weighted by molar-refractivity contribution is 5.93. The molecule has 0 aromatic heterocycles. The van der Waals surface area contributed by atoms with Crippen molar-refractivity contribution >= 4 is 5.91 Å². The Balaban J connectivity index is 2.12.